The van der Waals surface area contributed by atoms with Crippen LogP contribution >= 0.6 is 0 Å². The second kappa shape index (κ2) is 8.05. The van der Waals surface area contributed by atoms with Crippen molar-refractivity contribution in [2.75, 3.05) is 13.2 Å². The van der Waals surface area contributed by atoms with Crippen LogP contribution < -0.4 is 9.47 Å². The molecule has 0 radical (unpaired) electrons. The molecule has 0 bridgehead atoms. The molecule has 2 heteroatoms. The zero-order valence-corrected chi connectivity index (χ0v) is 14.8. The van der Waals surface area contributed by atoms with Crippen molar-refractivity contribution >= 4 is 0 Å². The van der Waals surface area contributed by atoms with Crippen LogP contribution in [0.3, 0.4) is 0 Å². The fourth-order valence-electron chi connectivity index (χ4n) is 2.54. The van der Waals surface area contributed by atoms with Crippen molar-refractivity contribution in [3.63, 3.8) is 0 Å². The van der Waals surface area contributed by atoms with E-state index in [1.54, 1.807) is 0 Å². The van der Waals surface area contributed by atoms with Gasteiger partial charge in [-0.1, -0.05) is 52.0 Å². The molecule has 2 rings (SSSR count). The molecule has 23 heavy (non-hydrogen) atoms. The van der Waals surface area contributed by atoms with Gasteiger partial charge in [0, 0.05) is 5.41 Å². The fraction of sp³-hybridized carbons (Fsp3) is 0.429. The van der Waals surface area contributed by atoms with Crippen molar-refractivity contribution in [1.82, 2.24) is 0 Å². The number of benzene rings is 2. The standard InChI is InChI=1S/C21H28O2/c1-5-15-22-19-11-7-17(8-12-19)21(3,4)18-9-13-20(14-10-18)23-16-6-2/h7-14H,5-6,15-16H2,1-4H3. The highest BCUT2D eigenvalue weighted by Crippen LogP contribution is 2.33. The molecule has 0 unspecified atom stereocenters. The van der Waals surface area contributed by atoms with Crippen LogP contribution in [0.2, 0.25) is 0 Å². The van der Waals surface area contributed by atoms with E-state index in [4.69, 9.17) is 9.47 Å². The van der Waals surface area contributed by atoms with Crippen LogP contribution in [0.5, 0.6) is 11.5 Å². The van der Waals surface area contributed by atoms with Gasteiger partial charge in [-0.25, -0.2) is 0 Å². The fourth-order valence-corrected chi connectivity index (χ4v) is 2.54. The van der Waals surface area contributed by atoms with Gasteiger partial charge in [-0.3, -0.25) is 0 Å². The highest BCUT2D eigenvalue weighted by molar-refractivity contribution is 5.41. The summed E-state index contributed by atoms with van der Waals surface area (Å²) in [7, 11) is 0. The Labute approximate surface area is 140 Å². The third kappa shape index (κ3) is 4.51. The topological polar surface area (TPSA) is 18.5 Å². The molecule has 0 saturated carbocycles. The van der Waals surface area contributed by atoms with Crippen LogP contribution in [0.1, 0.15) is 51.7 Å². The lowest BCUT2D eigenvalue weighted by Crippen LogP contribution is -2.18. The van der Waals surface area contributed by atoms with Crippen molar-refractivity contribution in [2.24, 2.45) is 0 Å². The Balaban J connectivity index is 2.13. The average Bonchev–Trinajstić information content (AvgIpc) is 2.59. The number of ether oxygens (including phenoxy) is 2. The van der Waals surface area contributed by atoms with Gasteiger partial charge in [0.15, 0.2) is 0 Å². The van der Waals surface area contributed by atoms with Crippen LogP contribution in [-0.2, 0) is 5.41 Å². The predicted octanol–water partition coefficient (Wildman–Crippen LogP) is 5.59. The van der Waals surface area contributed by atoms with E-state index in [2.05, 4.69) is 76.2 Å². The summed E-state index contributed by atoms with van der Waals surface area (Å²) >= 11 is 0. The molecule has 0 amide bonds. The minimum absolute atomic E-state index is 0.0490. The normalized spacial score (nSPS) is 11.3. The number of hydrogen-bond donors (Lipinski definition) is 0. The smallest absolute Gasteiger partial charge is 0.119 e. The Morgan fingerprint density at radius 1 is 0.652 bits per heavy atom. The summed E-state index contributed by atoms with van der Waals surface area (Å²) < 4.78 is 11.3. The van der Waals surface area contributed by atoms with E-state index in [9.17, 15) is 0 Å². The van der Waals surface area contributed by atoms with Crippen molar-refractivity contribution in [3.05, 3.63) is 59.7 Å². The lowest BCUT2D eigenvalue weighted by molar-refractivity contribution is 0.317. The molecular formula is C21H28O2. The third-order valence-corrected chi connectivity index (χ3v) is 4.10. The molecule has 0 saturated heterocycles. The first-order chi connectivity index (χ1) is 11.1. The Kier molecular flexibility index (Phi) is 6.09. The molecule has 2 aromatic carbocycles. The Bertz CT molecular complexity index is 529. The molecule has 2 nitrogen and oxygen atoms in total. The molecule has 0 aromatic heterocycles. The number of hydrogen-bond acceptors (Lipinski definition) is 2. The molecule has 0 fully saturated rings. The summed E-state index contributed by atoms with van der Waals surface area (Å²) in [5.74, 6) is 1.88. The van der Waals surface area contributed by atoms with Crippen LogP contribution in [0, 0.1) is 0 Å². The first-order valence-corrected chi connectivity index (χ1v) is 8.54. The largest absolute Gasteiger partial charge is 0.494 e. The molecule has 2 aromatic rings. The zero-order chi connectivity index (χ0) is 16.7. The van der Waals surface area contributed by atoms with Gasteiger partial charge >= 0.3 is 0 Å². The van der Waals surface area contributed by atoms with E-state index in [0.717, 1.165) is 37.6 Å². The summed E-state index contributed by atoms with van der Waals surface area (Å²) in [5.41, 5.74) is 2.51. The van der Waals surface area contributed by atoms with Crippen molar-refractivity contribution in [2.45, 2.75) is 46.0 Å². The number of rotatable bonds is 8. The van der Waals surface area contributed by atoms with Gasteiger partial charge in [-0.05, 0) is 48.2 Å². The third-order valence-electron chi connectivity index (χ3n) is 4.10. The SMILES string of the molecule is CCCOc1ccc(C(C)(C)c2ccc(OCCC)cc2)cc1. The zero-order valence-electron chi connectivity index (χ0n) is 14.8. The molecule has 0 aliphatic carbocycles. The second-order valence-corrected chi connectivity index (χ2v) is 6.37. The second-order valence-electron chi connectivity index (χ2n) is 6.37. The van der Waals surface area contributed by atoms with Gasteiger partial charge in [0.2, 0.25) is 0 Å². The highest BCUT2D eigenvalue weighted by Gasteiger charge is 2.23. The highest BCUT2D eigenvalue weighted by atomic mass is 16.5. The molecule has 124 valence electrons. The molecular weight excluding hydrogens is 284 g/mol. The van der Waals surface area contributed by atoms with Crippen LogP contribution in [-0.4, -0.2) is 13.2 Å². The van der Waals surface area contributed by atoms with Crippen molar-refractivity contribution < 1.29 is 9.47 Å². The maximum atomic E-state index is 5.67. The van der Waals surface area contributed by atoms with Crippen LogP contribution in [0.25, 0.3) is 0 Å². The Morgan fingerprint density at radius 3 is 1.30 bits per heavy atom. The lowest BCUT2D eigenvalue weighted by Gasteiger charge is -2.26. The van der Waals surface area contributed by atoms with Gasteiger partial charge < -0.3 is 9.47 Å². The first-order valence-electron chi connectivity index (χ1n) is 8.54. The summed E-state index contributed by atoms with van der Waals surface area (Å²) in [5, 5.41) is 0. The van der Waals surface area contributed by atoms with E-state index in [-0.39, 0.29) is 5.41 Å². The first kappa shape index (κ1) is 17.4. The molecule has 0 aliphatic heterocycles. The van der Waals surface area contributed by atoms with Gasteiger partial charge in [0.25, 0.3) is 0 Å². The molecule has 0 spiro atoms. The van der Waals surface area contributed by atoms with Gasteiger partial charge in [0.05, 0.1) is 13.2 Å². The minimum atomic E-state index is -0.0490. The lowest BCUT2D eigenvalue weighted by atomic mass is 9.78. The van der Waals surface area contributed by atoms with E-state index < -0.39 is 0 Å². The summed E-state index contributed by atoms with van der Waals surface area (Å²) in [4.78, 5) is 0. The summed E-state index contributed by atoms with van der Waals surface area (Å²) in [6, 6.07) is 16.9. The Hall–Kier alpha value is -1.96. The van der Waals surface area contributed by atoms with Gasteiger partial charge in [-0.15, -0.1) is 0 Å². The summed E-state index contributed by atoms with van der Waals surface area (Å²) in [6.45, 7) is 10.3. The van der Waals surface area contributed by atoms with E-state index in [1.165, 1.54) is 11.1 Å². The van der Waals surface area contributed by atoms with E-state index in [1.807, 2.05) is 0 Å². The maximum Gasteiger partial charge on any atom is 0.119 e. The molecule has 0 N–H and O–H groups in total. The van der Waals surface area contributed by atoms with Gasteiger partial charge in [0.1, 0.15) is 11.5 Å². The van der Waals surface area contributed by atoms with Crippen molar-refractivity contribution in [3.8, 4) is 11.5 Å². The monoisotopic (exact) mass is 312 g/mol. The van der Waals surface area contributed by atoms with Crippen LogP contribution in [0.4, 0.5) is 0 Å². The molecule has 0 atom stereocenters. The Morgan fingerprint density at radius 2 is 1.00 bits per heavy atom. The minimum Gasteiger partial charge on any atom is -0.494 e. The van der Waals surface area contributed by atoms with E-state index >= 15 is 0 Å². The summed E-state index contributed by atoms with van der Waals surface area (Å²) in [6.07, 6.45) is 2.05. The van der Waals surface area contributed by atoms with E-state index in [0.29, 0.717) is 0 Å². The molecule has 0 aliphatic rings. The molecule has 0 heterocycles. The quantitative estimate of drug-likeness (QED) is 0.632. The maximum absolute atomic E-state index is 5.67. The predicted molar refractivity (Wildman–Crippen MR) is 96.6 cm³/mol. The average molecular weight is 312 g/mol. The van der Waals surface area contributed by atoms with Crippen LogP contribution in [0.15, 0.2) is 48.5 Å². The van der Waals surface area contributed by atoms with Gasteiger partial charge in [-0.2, -0.15) is 0 Å². The van der Waals surface area contributed by atoms with Crippen molar-refractivity contribution in [1.29, 1.82) is 0 Å².